The van der Waals surface area contributed by atoms with Gasteiger partial charge in [-0.2, -0.15) is 0 Å². The summed E-state index contributed by atoms with van der Waals surface area (Å²) in [5.74, 6) is 0.113. The summed E-state index contributed by atoms with van der Waals surface area (Å²) in [6.45, 7) is 4.11. The number of benzene rings is 1. The molecule has 0 aliphatic carbocycles. The molecule has 0 fully saturated rings. The lowest BCUT2D eigenvalue weighted by atomic mass is 10.1. The molecular formula is C13H20N2O2. The van der Waals surface area contributed by atoms with E-state index >= 15 is 0 Å². The average Bonchev–Trinajstić information content (AvgIpc) is 2.34. The van der Waals surface area contributed by atoms with E-state index in [0.717, 1.165) is 5.69 Å². The molecule has 1 atom stereocenters. The van der Waals surface area contributed by atoms with Crippen LogP contribution in [-0.4, -0.2) is 30.2 Å². The third-order valence-corrected chi connectivity index (χ3v) is 2.57. The van der Waals surface area contributed by atoms with Crippen LogP contribution >= 0.6 is 0 Å². The molecule has 0 bridgehead atoms. The smallest absolute Gasteiger partial charge is 0.239 e. The van der Waals surface area contributed by atoms with Gasteiger partial charge < -0.3 is 15.7 Å². The Hall–Kier alpha value is -1.55. The maximum absolute atomic E-state index is 11.6. The summed E-state index contributed by atoms with van der Waals surface area (Å²) in [6.07, 6.45) is 0. The Kier molecular flexibility index (Phi) is 5.49. The van der Waals surface area contributed by atoms with Crippen molar-refractivity contribution in [3.8, 4) is 0 Å². The molecule has 1 aromatic carbocycles. The number of nitrogens with one attached hydrogen (secondary N) is 2. The third kappa shape index (κ3) is 4.87. The second-order valence-corrected chi connectivity index (χ2v) is 4.32. The van der Waals surface area contributed by atoms with Gasteiger partial charge in [-0.1, -0.05) is 32.0 Å². The monoisotopic (exact) mass is 236 g/mol. The van der Waals surface area contributed by atoms with Gasteiger partial charge in [0.25, 0.3) is 0 Å². The Morgan fingerprint density at radius 2 is 1.94 bits per heavy atom. The highest BCUT2D eigenvalue weighted by molar-refractivity contribution is 5.80. The molecule has 0 radical (unpaired) electrons. The highest BCUT2D eigenvalue weighted by Gasteiger charge is 2.14. The van der Waals surface area contributed by atoms with Crippen molar-refractivity contribution in [2.24, 2.45) is 5.92 Å². The van der Waals surface area contributed by atoms with E-state index in [9.17, 15) is 4.79 Å². The van der Waals surface area contributed by atoms with E-state index in [0.29, 0.717) is 0 Å². The van der Waals surface area contributed by atoms with Gasteiger partial charge in [0.05, 0.1) is 19.2 Å². The standard InChI is InChI=1S/C13H20N2O2/c1-10(2)12(9-16)15-13(17)8-14-11-6-4-3-5-7-11/h3-7,10,12,14,16H,8-9H2,1-2H3,(H,15,17)/t12-/m1/s1. The van der Waals surface area contributed by atoms with Gasteiger partial charge in [-0.3, -0.25) is 4.79 Å². The van der Waals surface area contributed by atoms with Crippen LogP contribution in [-0.2, 0) is 4.79 Å². The normalized spacial score (nSPS) is 12.2. The zero-order valence-corrected chi connectivity index (χ0v) is 10.3. The number of rotatable bonds is 6. The van der Waals surface area contributed by atoms with Crippen molar-refractivity contribution in [2.45, 2.75) is 19.9 Å². The molecule has 1 rings (SSSR count). The maximum atomic E-state index is 11.6. The van der Waals surface area contributed by atoms with Crippen LogP contribution in [0.5, 0.6) is 0 Å². The minimum absolute atomic E-state index is 0.0330. The summed E-state index contributed by atoms with van der Waals surface area (Å²) in [6, 6.07) is 9.36. The van der Waals surface area contributed by atoms with Crippen LogP contribution in [0.15, 0.2) is 30.3 Å². The SMILES string of the molecule is CC(C)[C@@H](CO)NC(=O)CNc1ccccc1. The third-order valence-electron chi connectivity index (χ3n) is 2.57. The Morgan fingerprint density at radius 1 is 1.29 bits per heavy atom. The number of amides is 1. The predicted octanol–water partition coefficient (Wildman–Crippen LogP) is 1.23. The highest BCUT2D eigenvalue weighted by Crippen LogP contribution is 2.04. The van der Waals surface area contributed by atoms with Crippen LogP contribution in [0.25, 0.3) is 0 Å². The number of carbonyl (C=O) groups excluding carboxylic acids is 1. The summed E-state index contributed by atoms with van der Waals surface area (Å²) in [7, 11) is 0. The molecule has 1 aromatic rings. The Morgan fingerprint density at radius 3 is 2.47 bits per heavy atom. The zero-order chi connectivity index (χ0) is 12.7. The van der Waals surface area contributed by atoms with Crippen LogP contribution in [0.4, 0.5) is 5.69 Å². The number of carbonyl (C=O) groups is 1. The van der Waals surface area contributed by atoms with Gasteiger partial charge >= 0.3 is 0 Å². The first kappa shape index (κ1) is 13.5. The van der Waals surface area contributed by atoms with Crippen LogP contribution in [0.2, 0.25) is 0 Å². The van der Waals surface area contributed by atoms with E-state index < -0.39 is 0 Å². The molecule has 0 heterocycles. The average molecular weight is 236 g/mol. The number of anilines is 1. The second-order valence-electron chi connectivity index (χ2n) is 4.32. The van der Waals surface area contributed by atoms with Gasteiger partial charge in [0.1, 0.15) is 0 Å². The summed E-state index contributed by atoms with van der Waals surface area (Å²) in [4.78, 5) is 11.6. The fourth-order valence-corrected chi connectivity index (χ4v) is 1.42. The summed E-state index contributed by atoms with van der Waals surface area (Å²) in [5, 5.41) is 14.9. The minimum Gasteiger partial charge on any atom is -0.394 e. The van der Waals surface area contributed by atoms with Crippen molar-refractivity contribution in [2.75, 3.05) is 18.5 Å². The lowest BCUT2D eigenvalue weighted by molar-refractivity contribution is -0.120. The molecule has 4 heteroatoms. The Balaban J connectivity index is 2.35. The zero-order valence-electron chi connectivity index (χ0n) is 10.3. The molecule has 0 unspecified atom stereocenters. The fourth-order valence-electron chi connectivity index (χ4n) is 1.42. The molecule has 3 N–H and O–H groups in total. The van der Waals surface area contributed by atoms with E-state index in [1.54, 1.807) is 0 Å². The van der Waals surface area contributed by atoms with Gasteiger partial charge in [0.15, 0.2) is 0 Å². The van der Waals surface area contributed by atoms with E-state index in [1.807, 2.05) is 44.2 Å². The summed E-state index contributed by atoms with van der Waals surface area (Å²) in [5.41, 5.74) is 0.910. The number of hydrogen-bond donors (Lipinski definition) is 3. The first-order valence-corrected chi connectivity index (χ1v) is 5.82. The van der Waals surface area contributed by atoms with E-state index in [4.69, 9.17) is 5.11 Å². The van der Waals surface area contributed by atoms with Crippen LogP contribution in [0, 0.1) is 5.92 Å². The highest BCUT2D eigenvalue weighted by atomic mass is 16.3. The van der Waals surface area contributed by atoms with E-state index in [-0.39, 0.29) is 31.0 Å². The van der Waals surface area contributed by atoms with Crippen molar-refractivity contribution in [1.82, 2.24) is 5.32 Å². The molecule has 0 spiro atoms. The fraction of sp³-hybridized carbons (Fsp3) is 0.462. The molecule has 0 aromatic heterocycles. The number of para-hydroxylation sites is 1. The summed E-state index contributed by atoms with van der Waals surface area (Å²) < 4.78 is 0. The van der Waals surface area contributed by atoms with Crippen molar-refractivity contribution in [3.63, 3.8) is 0 Å². The largest absolute Gasteiger partial charge is 0.394 e. The summed E-state index contributed by atoms with van der Waals surface area (Å²) >= 11 is 0. The molecule has 0 aliphatic rings. The Bertz CT molecular complexity index is 339. The van der Waals surface area contributed by atoms with E-state index in [2.05, 4.69) is 10.6 Å². The van der Waals surface area contributed by atoms with Crippen molar-refractivity contribution >= 4 is 11.6 Å². The van der Waals surface area contributed by atoms with Crippen molar-refractivity contribution in [1.29, 1.82) is 0 Å². The van der Waals surface area contributed by atoms with Crippen molar-refractivity contribution in [3.05, 3.63) is 30.3 Å². The lowest BCUT2D eigenvalue weighted by Crippen LogP contribution is -2.43. The molecule has 4 nitrogen and oxygen atoms in total. The molecule has 0 aliphatic heterocycles. The molecule has 17 heavy (non-hydrogen) atoms. The van der Waals surface area contributed by atoms with Gasteiger partial charge in [-0.25, -0.2) is 0 Å². The minimum atomic E-state index is -0.180. The molecule has 0 saturated carbocycles. The van der Waals surface area contributed by atoms with E-state index in [1.165, 1.54) is 0 Å². The topological polar surface area (TPSA) is 61.4 Å². The number of hydrogen-bond acceptors (Lipinski definition) is 3. The number of aliphatic hydroxyl groups is 1. The van der Waals surface area contributed by atoms with Gasteiger partial charge in [-0.15, -0.1) is 0 Å². The quantitative estimate of drug-likeness (QED) is 0.696. The maximum Gasteiger partial charge on any atom is 0.239 e. The van der Waals surface area contributed by atoms with Gasteiger partial charge in [-0.05, 0) is 18.1 Å². The Labute approximate surface area is 102 Å². The molecule has 1 amide bonds. The predicted molar refractivity (Wildman–Crippen MR) is 68.8 cm³/mol. The lowest BCUT2D eigenvalue weighted by Gasteiger charge is -2.20. The molecule has 94 valence electrons. The van der Waals surface area contributed by atoms with Gasteiger partial charge in [0, 0.05) is 5.69 Å². The van der Waals surface area contributed by atoms with Crippen LogP contribution in [0.1, 0.15) is 13.8 Å². The van der Waals surface area contributed by atoms with Crippen LogP contribution < -0.4 is 10.6 Å². The second kappa shape index (κ2) is 6.91. The first-order valence-electron chi connectivity index (χ1n) is 5.82. The molecule has 0 saturated heterocycles. The molecular weight excluding hydrogens is 216 g/mol. The first-order chi connectivity index (χ1) is 8.13. The van der Waals surface area contributed by atoms with Crippen molar-refractivity contribution < 1.29 is 9.90 Å². The van der Waals surface area contributed by atoms with Crippen LogP contribution in [0.3, 0.4) is 0 Å². The number of aliphatic hydroxyl groups excluding tert-OH is 1. The van der Waals surface area contributed by atoms with Gasteiger partial charge in [0.2, 0.25) is 5.91 Å².